The van der Waals surface area contributed by atoms with Crippen LogP contribution in [0.2, 0.25) is 0 Å². The van der Waals surface area contributed by atoms with Crippen LogP contribution in [0.5, 0.6) is 11.8 Å². The van der Waals surface area contributed by atoms with Crippen molar-refractivity contribution in [1.82, 2.24) is 20.4 Å². The van der Waals surface area contributed by atoms with Crippen molar-refractivity contribution in [2.24, 2.45) is 0 Å². The summed E-state index contributed by atoms with van der Waals surface area (Å²) in [6, 6.07) is 7.10. The van der Waals surface area contributed by atoms with E-state index in [-0.39, 0.29) is 16.5 Å². The number of hydrogen-bond acceptors (Lipinski definition) is 8. The highest BCUT2D eigenvalue weighted by Crippen LogP contribution is 2.37. The van der Waals surface area contributed by atoms with Gasteiger partial charge in [-0.1, -0.05) is 12.5 Å². The van der Waals surface area contributed by atoms with Crippen molar-refractivity contribution in [3.05, 3.63) is 58.4 Å². The molecule has 1 fully saturated rings. The number of alkyl halides is 3. The summed E-state index contributed by atoms with van der Waals surface area (Å²) in [7, 11) is -3.58. The van der Waals surface area contributed by atoms with Gasteiger partial charge in [-0.3, -0.25) is 4.79 Å². The van der Waals surface area contributed by atoms with Gasteiger partial charge in [0.25, 0.3) is 11.8 Å². The average Bonchev–Trinajstić information content (AvgIpc) is 2.73. The average molecular weight is 522 g/mol. The number of anilines is 1. The molecule has 0 atom stereocenters. The van der Waals surface area contributed by atoms with Crippen molar-refractivity contribution in [2.75, 3.05) is 11.6 Å². The maximum absolute atomic E-state index is 13.5. The van der Waals surface area contributed by atoms with Crippen LogP contribution in [0.3, 0.4) is 0 Å². The lowest BCUT2D eigenvalue weighted by atomic mass is 9.82. The highest BCUT2D eigenvalue weighted by Gasteiger charge is 2.38. The van der Waals surface area contributed by atoms with E-state index < -0.39 is 44.6 Å². The van der Waals surface area contributed by atoms with Gasteiger partial charge in [-0.25, -0.2) is 8.42 Å². The first kappa shape index (κ1) is 25.5. The van der Waals surface area contributed by atoms with Gasteiger partial charge in [-0.15, -0.1) is 15.3 Å². The SMILES string of the molecule is Cc1cc(C2CCC2)nnc1Oc1nnc(C(F)(F)F)c(C)c1C(=O)Nc1cccc(S(C)(=O)=O)c1. The Hall–Kier alpha value is -3.61. The fourth-order valence-corrected chi connectivity index (χ4v) is 4.36. The van der Waals surface area contributed by atoms with Crippen molar-refractivity contribution < 1.29 is 31.1 Å². The lowest BCUT2D eigenvalue weighted by Gasteiger charge is -2.24. The second kappa shape index (κ2) is 9.45. The molecule has 1 aliphatic rings. The van der Waals surface area contributed by atoms with Gasteiger partial charge in [-0.05, 0) is 56.5 Å². The van der Waals surface area contributed by atoms with Crippen LogP contribution in [0, 0.1) is 13.8 Å². The number of rotatable bonds is 6. The van der Waals surface area contributed by atoms with E-state index in [1.807, 2.05) is 0 Å². The molecular formula is C23H22F3N5O4S. The van der Waals surface area contributed by atoms with Crippen LogP contribution in [0.1, 0.15) is 58.1 Å². The summed E-state index contributed by atoms with van der Waals surface area (Å²) >= 11 is 0. The molecule has 0 unspecified atom stereocenters. The molecule has 0 spiro atoms. The first-order chi connectivity index (χ1) is 16.8. The van der Waals surface area contributed by atoms with Crippen LogP contribution >= 0.6 is 0 Å². The predicted molar refractivity (Wildman–Crippen MR) is 123 cm³/mol. The predicted octanol–water partition coefficient (Wildman–Crippen LogP) is 4.62. The van der Waals surface area contributed by atoms with E-state index in [1.165, 1.54) is 24.3 Å². The van der Waals surface area contributed by atoms with Crippen LogP contribution in [0.25, 0.3) is 0 Å². The molecule has 0 saturated heterocycles. The minimum atomic E-state index is -4.87. The summed E-state index contributed by atoms with van der Waals surface area (Å²) in [5.74, 6) is -1.21. The first-order valence-electron chi connectivity index (χ1n) is 10.9. The third-order valence-electron chi connectivity index (χ3n) is 5.88. The molecule has 190 valence electrons. The van der Waals surface area contributed by atoms with Crippen LogP contribution < -0.4 is 10.1 Å². The third-order valence-corrected chi connectivity index (χ3v) is 6.99. The summed E-state index contributed by atoms with van der Waals surface area (Å²) in [6.07, 6.45) is -0.770. The number of nitrogens with one attached hydrogen (secondary N) is 1. The summed E-state index contributed by atoms with van der Waals surface area (Å²) < 4.78 is 69.9. The van der Waals surface area contributed by atoms with E-state index in [9.17, 15) is 26.4 Å². The third kappa shape index (κ3) is 5.30. The number of carbonyl (C=O) groups excluding carboxylic acids is 1. The number of nitrogens with zero attached hydrogens (tertiary/aromatic N) is 4. The molecule has 9 nitrogen and oxygen atoms in total. The molecule has 2 aromatic heterocycles. The quantitative estimate of drug-likeness (QED) is 0.498. The van der Waals surface area contributed by atoms with Crippen LogP contribution in [0.4, 0.5) is 18.9 Å². The zero-order chi connectivity index (χ0) is 26.3. The van der Waals surface area contributed by atoms with Gasteiger partial charge >= 0.3 is 6.18 Å². The Kier molecular flexibility index (Phi) is 6.69. The number of carbonyl (C=O) groups is 1. The number of amides is 1. The molecule has 1 saturated carbocycles. The second-order valence-electron chi connectivity index (χ2n) is 8.59. The fourth-order valence-electron chi connectivity index (χ4n) is 3.70. The zero-order valence-electron chi connectivity index (χ0n) is 19.5. The summed E-state index contributed by atoms with van der Waals surface area (Å²) in [5, 5.41) is 17.4. The van der Waals surface area contributed by atoms with Gasteiger partial charge in [0.05, 0.1) is 10.6 Å². The Balaban J connectivity index is 1.72. The largest absolute Gasteiger partial charge is 0.435 e. The van der Waals surface area contributed by atoms with Gasteiger partial charge < -0.3 is 10.1 Å². The van der Waals surface area contributed by atoms with E-state index in [1.54, 1.807) is 13.0 Å². The van der Waals surface area contributed by atoms with E-state index in [4.69, 9.17) is 4.74 Å². The zero-order valence-corrected chi connectivity index (χ0v) is 20.4. The highest BCUT2D eigenvalue weighted by atomic mass is 32.2. The van der Waals surface area contributed by atoms with Crippen LogP contribution in [-0.2, 0) is 16.0 Å². The first-order valence-corrected chi connectivity index (χ1v) is 12.8. The number of aromatic nitrogens is 4. The summed E-state index contributed by atoms with van der Waals surface area (Å²) in [6.45, 7) is 2.78. The number of halogens is 3. The van der Waals surface area contributed by atoms with Crippen molar-refractivity contribution in [3.63, 3.8) is 0 Å². The van der Waals surface area contributed by atoms with E-state index in [2.05, 4.69) is 25.7 Å². The molecule has 0 radical (unpaired) electrons. The maximum atomic E-state index is 13.5. The Morgan fingerprint density at radius 3 is 2.33 bits per heavy atom. The van der Waals surface area contributed by atoms with Crippen LogP contribution in [0.15, 0.2) is 35.2 Å². The Morgan fingerprint density at radius 1 is 1.06 bits per heavy atom. The fraction of sp³-hybridized carbons (Fsp3) is 0.348. The molecule has 2 heterocycles. The molecule has 1 N–H and O–H groups in total. The highest BCUT2D eigenvalue weighted by molar-refractivity contribution is 7.90. The number of aryl methyl sites for hydroxylation is 1. The Bertz CT molecular complexity index is 1440. The van der Waals surface area contributed by atoms with Gasteiger partial charge in [0, 0.05) is 23.4 Å². The van der Waals surface area contributed by atoms with Gasteiger partial charge in [0.2, 0.25) is 5.88 Å². The molecule has 1 aliphatic carbocycles. The van der Waals surface area contributed by atoms with Gasteiger partial charge in [0.15, 0.2) is 15.5 Å². The minimum Gasteiger partial charge on any atom is -0.416 e. The molecule has 0 bridgehead atoms. The molecule has 0 aliphatic heterocycles. The number of sulfone groups is 1. The number of benzene rings is 1. The maximum Gasteiger partial charge on any atom is 0.435 e. The van der Waals surface area contributed by atoms with Crippen molar-refractivity contribution in [1.29, 1.82) is 0 Å². The Labute approximate surface area is 205 Å². The molecule has 4 rings (SSSR count). The summed E-state index contributed by atoms with van der Waals surface area (Å²) in [5.41, 5.74) is -0.970. The van der Waals surface area contributed by atoms with Gasteiger partial charge in [-0.2, -0.15) is 18.3 Å². The van der Waals surface area contributed by atoms with Crippen molar-refractivity contribution in [3.8, 4) is 11.8 Å². The monoisotopic (exact) mass is 521 g/mol. The molecular weight excluding hydrogens is 499 g/mol. The molecule has 3 aromatic rings. The topological polar surface area (TPSA) is 124 Å². The number of hydrogen-bond donors (Lipinski definition) is 1. The van der Waals surface area contributed by atoms with Crippen LogP contribution in [-0.4, -0.2) is 41.0 Å². The molecule has 1 aromatic carbocycles. The smallest absolute Gasteiger partial charge is 0.416 e. The Morgan fingerprint density at radius 2 is 1.75 bits per heavy atom. The van der Waals surface area contributed by atoms with Crippen molar-refractivity contribution in [2.45, 2.75) is 50.1 Å². The summed E-state index contributed by atoms with van der Waals surface area (Å²) in [4.78, 5) is 13.1. The lowest BCUT2D eigenvalue weighted by Crippen LogP contribution is -2.21. The van der Waals surface area contributed by atoms with E-state index >= 15 is 0 Å². The molecule has 13 heteroatoms. The van der Waals surface area contributed by atoms with E-state index in [0.717, 1.165) is 38.1 Å². The normalized spacial score (nSPS) is 14.3. The van der Waals surface area contributed by atoms with E-state index in [0.29, 0.717) is 11.5 Å². The molecule has 36 heavy (non-hydrogen) atoms. The number of ether oxygens (including phenoxy) is 1. The molecule has 1 amide bonds. The minimum absolute atomic E-state index is 0.0281. The lowest BCUT2D eigenvalue weighted by molar-refractivity contribution is -0.142. The van der Waals surface area contributed by atoms with Gasteiger partial charge in [0.1, 0.15) is 5.56 Å². The second-order valence-corrected chi connectivity index (χ2v) is 10.6. The van der Waals surface area contributed by atoms with Crippen molar-refractivity contribution >= 4 is 21.4 Å². The standard InChI is InChI=1S/C23H22F3N5O4S/c1-12-10-17(14-6-4-7-14)28-30-21(12)35-22-18(13(2)19(29-31-22)23(24,25)26)20(32)27-15-8-5-9-16(11-15)36(3,33)34/h5,8-11,14H,4,6-7H2,1-3H3,(H,27,32).